The van der Waals surface area contributed by atoms with Crippen LogP contribution in [-0.2, 0) is 0 Å². The molecule has 0 amide bonds. The number of furan rings is 1. The molecule has 0 fully saturated rings. The van der Waals surface area contributed by atoms with Crippen LogP contribution in [0.2, 0.25) is 0 Å². The van der Waals surface area contributed by atoms with Crippen LogP contribution in [0.4, 0.5) is 0 Å². The van der Waals surface area contributed by atoms with Gasteiger partial charge in [-0.2, -0.15) is 0 Å². The Bertz CT molecular complexity index is 610. The number of hydrogen-bond donors (Lipinski definition) is 0. The van der Waals surface area contributed by atoms with Gasteiger partial charge in [0, 0.05) is 17.9 Å². The second-order valence-electron chi connectivity index (χ2n) is 3.30. The highest BCUT2D eigenvalue weighted by molar-refractivity contribution is 5.81. The van der Waals surface area contributed by atoms with Crippen LogP contribution >= 0.6 is 0 Å². The first-order chi connectivity index (χ1) is 7.33. The summed E-state index contributed by atoms with van der Waals surface area (Å²) < 4.78 is 10.6. The molecule has 3 rings (SSSR count). The van der Waals surface area contributed by atoms with Crippen LogP contribution in [0.25, 0.3) is 22.4 Å². The Balaban J connectivity index is 2.18. The topological polar surface area (TPSA) is 52.1 Å². The van der Waals surface area contributed by atoms with E-state index in [9.17, 15) is 0 Å². The second-order valence-corrected chi connectivity index (χ2v) is 3.30. The van der Waals surface area contributed by atoms with Gasteiger partial charge in [0.25, 0.3) is 0 Å². The predicted octanol–water partition coefficient (Wildman–Crippen LogP) is 2.79. The molecule has 0 saturated heterocycles. The van der Waals surface area contributed by atoms with E-state index in [0.29, 0.717) is 11.8 Å². The molecule has 1 aromatic carbocycles. The maximum absolute atomic E-state index is 5.34. The molecule has 0 spiro atoms. The monoisotopic (exact) mass is 200 g/mol. The van der Waals surface area contributed by atoms with E-state index in [1.807, 2.05) is 24.3 Å². The van der Waals surface area contributed by atoms with Crippen LogP contribution < -0.4 is 0 Å². The molecule has 15 heavy (non-hydrogen) atoms. The van der Waals surface area contributed by atoms with E-state index in [1.165, 1.54) is 0 Å². The molecule has 0 radical (unpaired) electrons. The summed E-state index contributed by atoms with van der Waals surface area (Å²) in [6.07, 6.45) is 1.66. The van der Waals surface area contributed by atoms with E-state index < -0.39 is 0 Å². The summed E-state index contributed by atoms with van der Waals surface area (Å²) in [6, 6.07) is 7.66. The van der Waals surface area contributed by atoms with Gasteiger partial charge >= 0.3 is 0 Å². The minimum Gasteiger partial charge on any atom is -0.464 e. The first kappa shape index (κ1) is 8.23. The Hall–Kier alpha value is -2.10. The van der Waals surface area contributed by atoms with E-state index in [4.69, 9.17) is 8.83 Å². The van der Waals surface area contributed by atoms with Crippen molar-refractivity contribution in [1.82, 2.24) is 10.2 Å². The van der Waals surface area contributed by atoms with Crippen LogP contribution in [-0.4, -0.2) is 10.2 Å². The molecule has 3 aromatic rings. The molecule has 2 aromatic heterocycles. The molecule has 0 N–H and O–H groups in total. The number of hydrogen-bond acceptors (Lipinski definition) is 4. The second kappa shape index (κ2) is 2.95. The number of aryl methyl sites for hydroxylation is 1. The molecule has 74 valence electrons. The Morgan fingerprint density at radius 1 is 1.13 bits per heavy atom. The summed E-state index contributed by atoms with van der Waals surface area (Å²) in [7, 11) is 0. The summed E-state index contributed by atoms with van der Waals surface area (Å²) >= 11 is 0. The van der Waals surface area contributed by atoms with Gasteiger partial charge in [-0.1, -0.05) is 0 Å². The lowest BCUT2D eigenvalue weighted by atomic mass is 10.1. The van der Waals surface area contributed by atoms with Crippen molar-refractivity contribution in [3.8, 4) is 11.5 Å². The fourth-order valence-corrected chi connectivity index (χ4v) is 1.51. The number of aromatic nitrogens is 2. The third-order valence-corrected chi connectivity index (χ3v) is 2.23. The van der Waals surface area contributed by atoms with Gasteiger partial charge in [0.05, 0.1) is 6.26 Å². The van der Waals surface area contributed by atoms with E-state index in [1.54, 1.807) is 13.2 Å². The maximum Gasteiger partial charge on any atom is 0.247 e. The quantitative estimate of drug-likeness (QED) is 0.606. The lowest BCUT2D eigenvalue weighted by Crippen LogP contribution is -1.76. The Kier molecular flexibility index (Phi) is 1.62. The highest BCUT2D eigenvalue weighted by atomic mass is 16.4. The summed E-state index contributed by atoms with van der Waals surface area (Å²) in [5.74, 6) is 1.10. The van der Waals surface area contributed by atoms with Gasteiger partial charge in [-0.3, -0.25) is 0 Å². The molecule has 0 aliphatic rings. The van der Waals surface area contributed by atoms with Gasteiger partial charge in [0.15, 0.2) is 0 Å². The maximum atomic E-state index is 5.34. The molecule has 0 saturated carbocycles. The molecule has 2 heterocycles. The zero-order chi connectivity index (χ0) is 10.3. The SMILES string of the molecule is Cc1nnc(-c2ccc3occc3c2)o1. The van der Waals surface area contributed by atoms with E-state index in [2.05, 4.69) is 10.2 Å². The molecule has 0 aliphatic heterocycles. The van der Waals surface area contributed by atoms with E-state index in [-0.39, 0.29) is 0 Å². The Morgan fingerprint density at radius 3 is 2.87 bits per heavy atom. The molecule has 0 atom stereocenters. The van der Waals surface area contributed by atoms with Crippen molar-refractivity contribution in [3.63, 3.8) is 0 Å². The number of nitrogens with zero attached hydrogens (tertiary/aromatic N) is 2. The van der Waals surface area contributed by atoms with Crippen molar-refractivity contribution in [3.05, 3.63) is 36.4 Å². The van der Waals surface area contributed by atoms with Gasteiger partial charge in [-0.05, 0) is 24.3 Å². The zero-order valence-electron chi connectivity index (χ0n) is 8.10. The van der Waals surface area contributed by atoms with Crippen LogP contribution in [0.1, 0.15) is 5.89 Å². The van der Waals surface area contributed by atoms with Gasteiger partial charge in [0.2, 0.25) is 11.8 Å². The van der Waals surface area contributed by atoms with Crippen LogP contribution in [0.15, 0.2) is 39.4 Å². The minimum absolute atomic E-state index is 0.538. The third-order valence-electron chi connectivity index (χ3n) is 2.23. The van der Waals surface area contributed by atoms with Gasteiger partial charge in [-0.15, -0.1) is 10.2 Å². The van der Waals surface area contributed by atoms with Gasteiger partial charge in [0.1, 0.15) is 5.58 Å². The highest BCUT2D eigenvalue weighted by Crippen LogP contribution is 2.23. The minimum atomic E-state index is 0.538. The number of benzene rings is 1. The van der Waals surface area contributed by atoms with Crippen LogP contribution in [0.5, 0.6) is 0 Å². The first-order valence-electron chi connectivity index (χ1n) is 4.61. The average molecular weight is 200 g/mol. The number of rotatable bonds is 1. The van der Waals surface area contributed by atoms with Crippen molar-refractivity contribution in [1.29, 1.82) is 0 Å². The largest absolute Gasteiger partial charge is 0.464 e. The van der Waals surface area contributed by atoms with E-state index >= 15 is 0 Å². The van der Waals surface area contributed by atoms with Crippen molar-refractivity contribution < 1.29 is 8.83 Å². The predicted molar refractivity (Wildman–Crippen MR) is 54.2 cm³/mol. The lowest BCUT2D eigenvalue weighted by Gasteiger charge is -1.93. The van der Waals surface area contributed by atoms with Crippen molar-refractivity contribution in [2.45, 2.75) is 6.92 Å². The van der Waals surface area contributed by atoms with Crippen molar-refractivity contribution >= 4 is 11.0 Å². The van der Waals surface area contributed by atoms with Crippen LogP contribution in [0, 0.1) is 6.92 Å². The molecule has 4 nitrogen and oxygen atoms in total. The fraction of sp³-hybridized carbons (Fsp3) is 0.0909. The molecule has 0 aliphatic carbocycles. The molecule has 4 heteroatoms. The molecular weight excluding hydrogens is 192 g/mol. The molecule has 0 bridgehead atoms. The average Bonchev–Trinajstić information content (AvgIpc) is 2.84. The number of fused-ring (bicyclic) bond motifs is 1. The third kappa shape index (κ3) is 1.30. The normalized spacial score (nSPS) is 11.0. The van der Waals surface area contributed by atoms with E-state index in [0.717, 1.165) is 16.5 Å². The fourth-order valence-electron chi connectivity index (χ4n) is 1.51. The van der Waals surface area contributed by atoms with Crippen molar-refractivity contribution in [2.75, 3.05) is 0 Å². The standard InChI is InChI=1S/C11H8N2O2/c1-7-12-13-11(15-7)9-2-3-10-8(6-9)4-5-14-10/h2-6H,1H3. The first-order valence-corrected chi connectivity index (χ1v) is 4.61. The highest BCUT2D eigenvalue weighted by Gasteiger charge is 2.07. The summed E-state index contributed by atoms with van der Waals surface area (Å²) in [5, 5.41) is 8.78. The van der Waals surface area contributed by atoms with Gasteiger partial charge < -0.3 is 8.83 Å². The smallest absolute Gasteiger partial charge is 0.247 e. The summed E-state index contributed by atoms with van der Waals surface area (Å²) in [4.78, 5) is 0. The van der Waals surface area contributed by atoms with Crippen LogP contribution in [0.3, 0.4) is 0 Å². The van der Waals surface area contributed by atoms with Gasteiger partial charge in [-0.25, -0.2) is 0 Å². The summed E-state index contributed by atoms with van der Waals surface area (Å²) in [6.45, 7) is 1.77. The Labute approximate surface area is 85.5 Å². The molecule has 0 unspecified atom stereocenters. The zero-order valence-corrected chi connectivity index (χ0v) is 8.10. The lowest BCUT2D eigenvalue weighted by molar-refractivity contribution is 0.533. The Morgan fingerprint density at radius 2 is 2.07 bits per heavy atom. The summed E-state index contributed by atoms with van der Waals surface area (Å²) in [5.41, 5.74) is 1.76. The molecular formula is C11H8N2O2. The van der Waals surface area contributed by atoms with Crippen molar-refractivity contribution in [2.24, 2.45) is 0 Å².